The van der Waals surface area contributed by atoms with E-state index in [1.165, 1.54) is 25.6 Å². The van der Waals surface area contributed by atoms with Crippen LogP contribution in [0.2, 0.25) is 0 Å². The summed E-state index contributed by atoms with van der Waals surface area (Å²) in [5.74, 6) is 1.96. The summed E-state index contributed by atoms with van der Waals surface area (Å²) in [5, 5.41) is 5.93. The minimum absolute atomic E-state index is 0.265. The number of benzene rings is 2. The van der Waals surface area contributed by atoms with Crippen LogP contribution in [0.1, 0.15) is 5.56 Å². The summed E-state index contributed by atoms with van der Waals surface area (Å²) >= 11 is 0. The molecule has 146 valence electrons. The van der Waals surface area contributed by atoms with E-state index in [4.69, 9.17) is 9.47 Å². The highest BCUT2D eigenvalue weighted by atomic mass is 19.4. The Morgan fingerprint density at radius 1 is 0.857 bits per heavy atom. The molecule has 1 aromatic heterocycles. The fourth-order valence-corrected chi connectivity index (χ4v) is 2.45. The first-order chi connectivity index (χ1) is 13.4. The van der Waals surface area contributed by atoms with Crippen molar-refractivity contribution >= 4 is 23.0 Å². The Morgan fingerprint density at radius 3 is 2.29 bits per heavy atom. The molecule has 28 heavy (non-hydrogen) atoms. The lowest BCUT2D eigenvalue weighted by atomic mass is 10.2. The fourth-order valence-electron chi connectivity index (χ4n) is 2.45. The van der Waals surface area contributed by atoms with Crippen LogP contribution in [0.4, 0.5) is 36.2 Å². The summed E-state index contributed by atoms with van der Waals surface area (Å²) in [5.41, 5.74) is 0.168. The highest BCUT2D eigenvalue weighted by Gasteiger charge is 2.30. The van der Waals surface area contributed by atoms with E-state index in [2.05, 4.69) is 20.6 Å². The Balaban J connectivity index is 1.80. The van der Waals surface area contributed by atoms with Gasteiger partial charge < -0.3 is 20.1 Å². The summed E-state index contributed by atoms with van der Waals surface area (Å²) in [6.45, 7) is 0. The molecular weight excluding hydrogens is 373 g/mol. The van der Waals surface area contributed by atoms with Crippen molar-refractivity contribution in [3.63, 3.8) is 0 Å². The van der Waals surface area contributed by atoms with E-state index in [1.807, 2.05) is 0 Å². The van der Waals surface area contributed by atoms with Gasteiger partial charge in [0.1, 0.15) is 29.5 Å². The van der Waals surface area contributed by atoms with Crippen molar-refractivity contribution in [3.8, 4) is 11.5 Å². The molecule has 1 heterocycles. The number of halogens is 3. The zero-order valence-electron chi connectivity index (χ0n) is 15.0. The van der Waals surface area contributed by atoms with Gasteiger partial charge in [0.15, 0.2) is 0 Å². The molecule has 0 aliphatic rings. The predicted octanol–water partition coefficient (Wildman–Crippen LogP) is 5.00. The first-order valence-electron chi connectivity index (χ1n) is 8.14. The summed E-state index contributed by atoms with van der Waals surface area (Å²) in [6.07, 6.45) is -3.12. The number of methoxy groups -OCH3 is 2. The number of nitrogens with zero attached hydrogens (tertiary/aromatic N) is 2. The maximum absolute atomic E-state index is 12.9. The Kier molecular flexibility index (Phi) is 5.53. The van der Waals surface area contributed by atoms with Gasteiger partial charge in [0, 0.05) is 17.8 Å². The van der Waals surface area contributed by atoms with Crippen LogP contribution >= 0.6 is 0 Å². The number of hydrogen-bond donors (Lipinski definition) is 2. The highest BCUT2D eigenvalue weighted by Crippen LogP contribution is 2.33. The Morgan fingerprint density at radius 2 is 1.61 bits per heavy atom. The molecular formula is C19H17F3N4O2. The maximum atomic E-state index is 12.9. The molecule has 0 spiro atoms. The number of anilines is 4. The topological polar surface area (TPSA) is 68.3 Å². The van der Waals surface area contributed by atoms with E-state index < -0.39 is 11.7 Å². The molecule has 6 nitrogen and oxygen atoms in total. The lowest BCUT2D eigenvalue weighted by Crippen LogP contribution is -2.05. The van der Waals surface area contributed by atoms with Gasteiger partial charge in [-0.1, -0.05) is 6.07 Å². The molecule has 0 fully saturated rings. The molecule has 0 saturated carbocycles. The van der Waals surface area contributed by atoms with Crippen molar-refractivity contribution in [2.45, 2.75) is 6.18 Å². The highest BCUT2D eigenvalue weighted by molar-refractivity contribution is 5.68. The van der Waals surface area contributed by atoms with E-state index in [0.29, 0.717) is 28.8 Å². The van der Waals surface area contributed by atoms with Crippen LogP contribution in [-0.4, -0.2) is 24.2 Å². The van der Waals surface area contributed by atoms with E-state index in [1.54, 1.807) is 31.4 Å². The standard InChI is InChI=1S/C19H17F3N4O2/c1-27-14-6-7-15(16(9-14)28-2)26-18-10-17(23-11-24-18)25-13-5-3-4-12(8-13)19(20,21)22/h3-11H,1-2H3,(H2,23,24,25,26). The second kappa shape index (κ2) is 8.03. The monoisotopic (exact) mass is 390 g/mol. The van der Waals surface area contributed by atoms with Gasteiger partial charge in [-0.05, 0) is 30.3 Å². The van der Waals surface area contributed by atoms with Crippen LogP contribution in [-0.2, 0) is 6.18 Å². The molecule has 0 aliphatic carbocycles. The quantitative estimate of drug-likeness (QED) is 0.617. The van der Waals surface area contributed by atoms with Gasteiger partial charge in [0.05, 0.1) is 25.5 Å². The number of nitrogens with one attached hydrogen (secondary N) is 2. The molecule has 0 amide bonds. The first kappa shape index (κ1) is 19.3. The van der Waals surface area contributed by atoms with E-state index >= 15 is 0 Å². The average molecular weight is 390 g/mol. The summed E-state index contributed by atoms with van der Waals surface area (Å²) in [7, 11) is 3.08. The van der Waals surface area contributed by atoms with Crippen molar-refractivity contribution in [1.82, 2.24) is 9.97 Å². The van der Waals surface area contributed by atoms with Crippen LogP contribution in [0.5, 0.6) is 11.5 Å². The molecule has 0 unspecified atom stereocenters. The van der Waals surface area contributed by atoms with Gasteiger partial charge in [0.2, 0.25) is 0 Å². The third-order valence-electron chi connectivity index (χ3n) is 3.80. The molecule has 0 radical (unpaired) electrons. The summed E-state index contributed by atoms with van der Waals surface area (Å²) < 4.78 is 49.0. The second-order valence-electron chi connectivity index (χ2n) is 5.68. The lowest BCUT2D eigenvalue weighted by Gasteiger charge is -2.13. The van der Waals surface area contributed by atoms with Crippen molar-refractivity contribution in [2.24, 2.45) is 0 Å². The molecule has 0 aliphatic heterocycles. The van der Waals surface area contributed by atoms with Crippen LogP contribution in [0, 0.1) is 0 Å². The fraction of sp³-hybridized carbons (Fsp3) is 0.158. The van der Waals surface area contributed by atoms with Gasteiger partial charge in [0.25, 0.3) is 0 Å². The van der Waals surface area contributed by atoms with Gasteiger partial charge >= 0.3 is 6.18 Å². The minimum atomic E-state index is -4.42. The molecule has 2 aromatic carbocycles. The zero-order chi connectivity index (χ0) is 20.1. The van der Waals surface area contributed by atoms with Gasteiger partial charge in [-0.2, -0.15) is 13.2 Å². The summed E-state index contributed by atoms with van der Waals surface area (Å²) in [4.78, 5) is 8.17. The smallest absolute Gasteiger partial charge is 0.416 e. The predicted molar refractivity (Wildman–Crippen MR) is 99.6 cm³/mol. The largest absolute Gasteiger partial charge is 0.497 e. The van der Waals surface area contributed by atoms with Crippen LogP contribution in [0.25, 0.3) is 0 Å². The normalized spacial score (nSPS) is 11.0. The van der Waals surface area contributed by atoms with Crippen LogP contribution in [0.3, 0.4) is 0 Å². The molecule has 0 atom stereocenters. The minimum Gasteiger partial charge on any atom is -0.497 e. The maximum Gasteiger partial charge on any atom is 0.416 e. The average Bonchev–Trinajstić information content (AvgIpc) is 2.68. The Hall–Kier alpha value is -3.49. The number of rotatable bonds is 6. The van der Waals surface area contributed by atoms with E-state index in [-0.39, 0.29) is 5.69 Å². The number of aromatic nitrogens is 2. The molecule has 9 heteroatoms. The molecule has 2 N–H and O–H groups in total. The third kappa shape index (κ3) is 4.61. The SMILES string of the molecule is COc1ccc(Nc2cc(Nc3cccc(C(F)(F)F)c3)ncn2)c(OC)c1. The van der Waals surface area contributed by atoms with Gasteiger partial charge in [-0.25, -0.2) is 9.97 Å². The Bertz CT molecular complexity index is 964. The van der Waals surface area contributed by atoms with Gasteiger partial charge in [-0.15, -0.1) is 0 Å². The van der Waals surface area contributed by atoms with Crippen molar-refractivity contribution in [3.05, 3.63) is 60.4 Å². The Labute approximate surface area is 159 Å². The number of ether oxygens (including phenoxy) is 2. The number of hydrogen-bond acceptors (Lipinski definition) is 6. The van der Waals surface area contributed by atoms with Crippen LogP contribution < -0.4 is 20.1 Å². The van der Waals surface area contributed by atoms with Crippen molar-refractivity contribution in [1.29, 1.82) is 0 Å². The first-order valence-corrected chi connectivity index (χ1v) is 8.14. The van der Waals surface area contributed by atoms with E-state index in [0.717, 1.165) is 12.1 Å². The van der Waals surface area contributed by atoms with Crippen LogP contribution in [0.15, 0.2) is 54.9 Å². The lowest BCUT2D eigenvalue weighted by molar-refractivity contribution is -0.137. The molecule has 0 saturated heterocycles. The summed E-state index contributed by atoms with van der Waals surface area (Å²) in [6, 6.07) is 11.7. The molecule has 3 aromatic rings. The van der Waals surface area contributed by atoms with Crippen molar-refractivity contribution < 1.29 is 22.6 Å². The zero-order valence-corrected chi connectivity index (χ0v) is 15.0. The van der Waals surface area contributed by atoms with Gasteiger partial charge in [-0.3, -0.25) is 0 Å². The van der Waals surface area contributed by atoms with E-state index in [9.17, 15) is 13.2 Å². The third-order valence-corrected chi connectivity index (χ3v) is 3.80. The molecule has 3 rings (SSSR count). The number of alkyl halides is 3. The second-order valence-corrected chi connectivity index (χ2v) is 5.68. The van der Waals surface area contributed by atoms with Crippen molar-refractivity contribution in [2.75, 3.05) is 24.9 Å². The molecule has 0 bridgehead atoms.